The van der Waals surface area contributed by atoms with Crippen molar-refractivity contribution < 1.29 is 5.11 Å². The fourth-order valence-electron chi connectivity index (χ4n) is 2.56. The molecule has 0 aliphatic heterocycles. The summed E-state index contributed by atoms with van der Waals surface area (Å²) < 4.78 is 1.83. The summed E-state index contributed by atoms with van der Waals surface area (Å²) in [6, 6.07) is 0. The van der Waals surface area contributed by atoms with Gasteiger partial charge in [0.05, 0.1) is 12.3 Å². The van der Waals surface area contributed by atoms with Crippen molar-refractivity contribution in [3.63, 3.8) is 0 Å². The van der Waals surface area contributed by atoms with Crippen LogP contribution in [0, 0.1) is 5.92 Å². The number of aromatic nitrogens is 2. The summed E-state index contributed by atoms with van der Waals surface area (Å²) in [6.07, 6.45) is 7.18. The summed E-state index contributed by atoms with van der Waals surface area (Å²) in [5, 5.41) is 13.9. The van der Waals surface area contributed by atoms with Crippen molar-refractivity contribution in [2.75, 3.05) is 13.6 Å². The third-order valence-corrected chi connectivity index (χ3v) is 3.38. The van der Waals surface area contributed by atoms with Crippen LogP contribution in [0.4, 0.5) is 0 Å². The molecule has 1 saturated carbocycles. The summed E-state index contributed by atoms with van der Waals surface area (Å²) in [7, 11) is 4.04. The molecule has 1 aromatic heterocycles. The van der Waals surface area contributed by atoms with Gasteiger partial charge in [-0.2, -0.15) is 5.10 Å². The number of rotatable bonds is 4. The van der Waals surface area contributed by atoms with Gasteiger partial charge in [0.1, 0.15) is 0 Å². The van der Waals surface area contributed by atoms with Crippen molar-refractivity contribution in [3.05, 3.63) is 18.0 Å². The minimum atomic E-state index is -0.0867. The molecule has 1 heterocycles. The van der Waals surface area contributed by atoms with E-state index in [1.807, 2.05) is 24.1 Å². The van der Waals surface area contributed by atoms with Crippen LogP contribution < -0.4 is 0 Å². The number of aliphatic hydroxyl groups excluding tert-OH is 1. The minimum absolute atomic E-state index is 0.0867. The molecule has 1 fully saturated rings. The first kappa shape index (κ1) is 11.6. The maximum absolute atomic E-state index is 9.76. The average molecular weight is 223 g/mol. The zero-order chi connectivity index (χ0) is 11.5. The number of nitrogens with zero attached hydrogens (tertiary/aromatic N) is 3. The summed E-state index contributed by atoms with van der Waals surface area (Å²) in [5.41, 5.74) is 1.23. The van der Waals surface area contributed by atoms with E-state index in [2.05, 4.69) is 17.0 Å². The number of hydrogen-bond acceptors (Lipinski definition) is 3. The quantitative estimate of drug-likeness (QED) is 0.828. The van der Waals surface area contributed by atoms with E-state index in [0.29, 0.717) is 5.92 Å². The molecular formula is C12H21N3O. The predicted octanol–water partition coefficient (Wildman–Crippen LogP) is 1.01. The Morgan fingerprint density at radius 2 is 2.38 bits per heavy atom. The van der Waals surface area contributed by atoms with Crippen molar-refractivity contribution in [3.8, 4) is 0 Å². The number of aryl methyl sites for hydroxylation is 1. The molecule has 90 valence electrons. The normalized spacial score (nSPS) is 25.5. The molecule has 0 spiro atoms. The van der Waals surface area contributed by atoms with Crippen LogP contribution in [-0.2, 0) is 13.6 Å². The van der Waals surface area contributed by atoms with Gasteiger partial charge in [-0.15, -0.1) is 0 Å². The monoisotopic (exact) mass is 223 g/mol. The zero-order valence-corrected chi connectivity index (χ0v) is 10.1. The molecule has 1 N–H and O–H groups in total. The van der Waals surface area contributed by atoms with E-state index in [-0.39, 0.29) is 6.10 Å². The third-order valence-electron chi connectivity index (χ3n) is 3.38. The maximum Gasteiger partial charge on any atom is 0.0580 e. The lowest BCUT2D eigenvalue weighted by molar-refractivity contribution is 0.108. The van der Waals surface area contributed by atoms with Crippen molar-refractivity contribution >= 4 is 0 Å². The minimum Gasteiger partial charge on any atom is -0.393 e. The van der Waals surface area contributed by atoms with E-state index in [1.54, 1.807) is 0 Å². The summed E-state index contributed by atoms with van der Waals surface area (Å²) in [5.74, 6) is 0.460. The van der Waals surface area contributed by atoms with Crippen LogP contribution in [0.2, 0.25) is 0 Å². The van der Waals surface area contributed by atoms with Gasteiger partial charge < -0.3 is 10.0 Å². The average Bonchev–Trinajstić information content (AvgIpc) is 2.77. The molecule has 4 nitrogen and oxygen atoms in total. The first-order valence-corrected chi connectivity index (χ1v) is 5.99. The molecule has 0 aromatic carbocycles. The van der Waals surface area contributed by atoms with Crippen molar-refractivity contribution in [1.29, 1.82) is 0 Å². The van der Waals surface area contributed by atoms with Crippen LogP contribution in [0.5, 0.6) is 0 Å². The van der Waals surface area contributed by atoms with Gasteiger partial charge in [-0.25, -0.2) is 0 Å². The Hall–Kier alpha value is -0.870. The Morgan fingerprint density at radius 3 is 2.94 bits per heavy atom. The third kappa shape index (κ3) is 2.83. The van der Waals surface area contributed by atoms with Gasteiger partial charge in [0.25, 0.3) is 0 Å². The van der Waals surface area contributed by atoms with Gasteiger partial charge in [0.2, 0.25) is 0 Å². The first-order valence-electron chi connectivity index (χ1n) is 5.99. The number of hydrogen-bond donors (Lipinski definition) is 1. The Bertz CT molecular complexity index is 337. The van der Waals surface area contributed by atoms with E-state index in [0.717, 1.165) is 19.5 Å². The standard InChI is InChI=1S/C12H21N3O/c1-14(7-10-6-13-15(2)8-10)9-11-4-3-5-12(11)16/h6,8,11-12,16H,3-5,7,9H2,1-2H3. The molecule has 1 aliphatic rings. The van der Waals surface area contributed by atoms with Crippen LogP contribution in [0.25, 0.3) is 0 Å². The molecule has 1 aliphatic carbocycles. The Kier molecular flexibility index (Phi) is 3.61. The van der Waals surface area contributed by atoms with Crippen molar-refractivity contribution in [2.45, 2.75) is 31.9 Å². The zero-order valence-electron chi connectivity index (χ0n) is 10.1. The first-order chi connectivity index (χ1) is 7.65. The van der Waals surface area contributed by atoms with E-state index in [1.165, 1.54) is 18.4 Å². The van der Waals surface area contributed by atoms with Gasteiger partial charge in [0, 0.05) is 31.9 Å². The van der Waals surface area contributed by atoms with Crippen LogP contribution in [-0.4, -0.2) is 39.5 Å². The maximum atomic E-state index is 9.76. The van der Waals surface area contributed by atoms with Gasteiger partial charge in [0.15, 0.2) is 0 Å². The molecule has 4 heteroatoms. The molecule has 1 aromatic rings. The highest BCUT2D eigenvalue weighted by molar-refractivity contribution is 5.03. The molecule has 16 heavy (non-hydrogen) atoms. The molecule has 0 radical (unpaired) electrons. The van der Waals surface area contributed by atoms with Crippen molar-refractivity contribution in [1.82, 2.24) is 14.7 Å². The lowest BCUT2D eigenvalue weighted by Crippen LogP contribution is -2.29. The van der Waals surface area contributed by atoms with Gasteiger partial charge in [-0.05, 0) is 25.8 Å². The van der Waals surface area contributed by atoms with E-state index in [4.69, 9.17) is 0 Å². The Balaban J connectivity index is 1.82. The smallest absolute Gasteiger partial charge is 0.0580 e. The second kappa shape index (κ2) is 4.97. The highest BCUT2D eigenvalue weighted by atomic mass is 16.3. The second-order valence-electron chi connectivity index (χ2n) is 4.98. The second-order valence-corrected chi connectivity index (χ2v) is 4.98. The summed E-state index contributed by atoms with van der Waals surface area (Å²) >= 11 is 0. The largest absolute Gasteiger partial charge is 0.393 e. The summed E-state index contributed by atoms with van der Waals surface area (Å²) in [4.78, 5) is 2.27. The van der Waals surface area contributed by atoms with Gasteiger partial charge in [-0.3, -0.25) is 4.68 Å². The molecule has 0 bridgehead atoms. The van der Waals surface area contributed by atoms with E-state index >= 15 is 0 Å². The lowest BCUT2D eigenvalue weighted by atomic mass is 10.1. The number of aliphatic hydroxyl groups is 1. The van der Waals surface area contributed by atoms with Gasteiger partial charge in [-0.1, -0.05) is 6.42 Å². The lowest BCUT2D eigenvalue weighted by Gasteiger charge is -2.22. The van der Waals surface area contributed by atoms with Crippen LogP contribution in [0.1, 0.15) is 24.8 Å². The van der Waals surface area contributed by atoms with E-state index in [9.17, 15) is 5.11 Å². The van der Waals surface area contributed by atoms with Crippen LogP contribution in [0.3, 0.4) is 0 Å². The molecule has 2 rings (SSSR count). The van der Waals surface area contributed by atoms with Crippen molar-refractivity contribution in [2.24, 2.45) is 13.0 Å². The highest BCUT2D eigenvalue weighted by Crippen LogP contribution is 2.26. The predicted molar refractivity (Wildman–Crippen MR) is 62.9 cm³/mol. The molecular weight excluding hydrogens is 202 g/mol. The topological polar surface area (TPSA) is 41.3 Å². The van der Waals surface area contributed by atoms with Crippen LogP contribution in [0.15, 0.2) is 12.4 Å². The summed E-state index contributed by atoms with van der Waals surface area (Å²) in [6.45, 7) is 1.90. The molecule has 2 unspecified atom stereocenters. The SMILES string of the molecule is CN(Cc1cnn(C)c1)CC1CCCC1O. The van der Waals surface area contributed by atoms with Crippen LogP contribution >= 0.6 is 0 Å². The fraction of sp³-hybridized carbons (Fsp3) is 0.750. The molecule has 0 amide bonds. The molecule has 2 atom stereocenters. The fourth-order valence-corrected chi connectivity index (χ4v) is 2.56. The molecule has 0 saturated heterocycles. The Labute approximate surface area is 96.9 Å². The van der Waals surface area contributed by atoms with E-state index < -0.39 is 0 Å². The Morgan fingerprint density at radius 1 is 1.56 bits per heavy atom. The highest BCUT2D eigenvalue weighted by Gasteiger charge is 2.26. The van der Waals surface area contributed by atoms with Gasteiger partial charge >= 0.3 is 0 Å².